The van der Waals surface area contributed by atoms with Gasteiger partial charge in [-0.1, -0.05) is 43.5 Å². The number of benzene rings is 2. The number of nitrogens with one attached hydrogen (secondary N) is 2. The first-order chi connectivity index (χ1) is 15.8. The molecule has 174 valence electrons. The molecular weight excluding hydrogens is 450 g/mol. The molecule has 2 amide bonds. The van der Waals surface area contributed by atoms with E-state index < -0.39 is 23.4 Å². The molecule has 1 aliphatic carbocycles. The first-order valence-corrected chi connectivity index (χ1v) is 10.9. The number of nitrogens with zero attached hydrogens (tertiary/aromatic N) is 1. The van der Waals surface area contributed by atoms with Crippen LogP contribution in [0.4, 0.5) is 11.4 Å². The number of ether oxygens (including phenoxy) is 1. The molecule has 2 N–H and O–H groups in total. The molecule has 0 heterocycles. The molecule has 0 aliphatic heterocycles. The van der Waals surface area contributed by atoms with Crippen molar-refractivity contribution in [3.63, 3.8) is 0 Å². The van der Waals surface area contributed by atoms with Gasteiger partial charge in [-0.2, -0.15) is 0 Å². The second-order valence-electron chi connectivity index (χ2n) is 7.93. The highest BCUT2D eigenvalue weighted by atomic mass is 35.5. The van der Waals surface area contributed by atoms with Gasteiger partial charge in [0.15, 0.2) is 6.61 Å². The zero-order valence-corrected chi connectivity index (χ0v) is 18.8. The van der Waals surface area contributed by atoms with Crippen molar-refractivity contribution >= 4 is 40.8 Å². The van der Waals surface area contributed by atoms with E-state index in [0.29, 0.717) is 5.92 Å². The van der Waals surface area contributed by atoms with Crippen LogP contribution in [0.25, 0.3) is 0 Å². The summed E-state index contributed by atoms with van der Waals surface area (Å²) in [6.07, 6.45) is 4.16. The van der Waals surface area contributed by atoms with Crippen molar-refractivity contribution in [1.29, 1.82) is 0 Å². The summed E-state index contributed by atoms with van der Waals surface area (Å²) in [6.45, 7) is 1.66. The molecule has 1 saturated carbocycles. The van der Waals surface area contributed by atoms with Crippen LogP contribution in [0.1, 0.15) is 53.3 Å². The van der Waals surface area contributed by atoms with Gasteiger partial charge in [0.2, 0.25) is 0 Å². The Kier molecular flexibility index (Phi) is 8.00. The Morgan fingerprint density at radius 3 is 2.55 bits per heavy atom. The maximum atomic E-state index is 12.6. The number of anilines is 1. The molecule has 0 radical (unpaired) electrons. The van der Waals surface area contributed by atoms with Gasteiger partial charge < -0.3 is 15.4 Å². The summed E-state index contributed by atoms with van der Waals surface area (Å²) in [6, 6.07) is 9.69. The standard InChI is InChI=1S/C23H24ClN3O6/c1-14-6-2-4-8-19(14)25-21(28)13-33-23(30)17-7-3-5-9-20(17)26-22(29)16-11-10-15(27(31)32)12-18(16)24/h3,5,7,9-12,14,19H,2,4,6,8,13H2,1H3,(H,25,28)(H,26,29). The zero-order chi connectivity index (χ0) is 24.0. The van der Waals surface area contributed by atoms with E-state index in [1.54, 1.807) is 12.1 Å². The van der Waals surface area contributed by atoms with E-state index in [2.05, 4.69) is 17.6 Å². The quantitative estimate of drug-likeness (QED) is 0.349. The first-order valence-electron chi connectivity index (χ1n) is 10.6. The largest absolute Gasteiger partial charge is 0.452 e. The first kappa shape index (κ1) is 24.2. The Hall–Kier alpha value is -3.46. The van der Waals surface area contributed by atoms with Crippen molar-refractivity contribution < 1.29 is 24.0 Å². The van der Waals surface area contributed by atoms with E-state index in [-0.39, 0.29) is 39.5 Å². The molecule has 1 fully saturated rings. The number of amides is 2. The predicted octanol–water partition coefficient (Wildman–Crippen LogP) is 4.35. The molecule has 2 aromatic rings. The van der Waals surface area contributed by atoms with Crippen LogP contribution in [0, 0.1) is 16.0 Å². The summed E-state index contributed by atoms with van der Waals surface area (Å²) in [5.74, 6) is -1.42. The molecule has 2 atom stereocenters. The number of esters is 1. The molecule has 1 aliphatic rings. The van der Waals surface area contributed by atoms with Crippen molar-refractivity contribution in [2.45, 2.75) is 38.6 Å². The number of para-hydroxylation sites is 1. The van der Waals surface area contributed by atoms with Crippen molar-refractivity contribution in [2.75, 3.05) is 11.9 Å². The lowest BCUT2D eigenvalue weighted by atomic mass is 9.86. The van der Waals surface area contributed by atoms with Crippen molar-refractivity contribution in [3.8, 4) is 0 Å². The third kappa shape index (κ3) is 6.29. The van der Waals surface area contributed by atoms with Gasteiger partial charge in [-0.25, -0.2) is 4.79 Å². The smallest absolute Gasteiger partial charge is 0.340 e. The summed E-state index contributed by atoms with van der Waals surface area (Å²) in [4.78, 5) is 47.7. The van der Waals surface area contributed by atoms with E-state index >= 15 is 0 Å². The Morgan fingerprint density at radius 2 is 1.85 bits per heavy atom. The van der Waals surface area contributed by atoms with Crippen LogP contribution in [0.15, 0.2) is 42.5 Å². The predicted molar refractivity (Wildman–Crippen MR) is 122 cm³/mol. The summed E-state index contributed by atoms with van der Waals surface area (Å²) in [7, 11) is 0. The van der Waals surface area contributed by atoms with Gasteiger partial charge in [-0.3, -0.25) is 19.7 Å². The number of rotatable bonds is 7. The van der Waals surface area contributed by atoms with Crippen LogP contribution >= 0.6 is 11.6 Å². The van der Waals surface area contributed by atoms with E-state index in [4.69, 9.17) is 16.3 Å². The van der Waals surface area contributed by atoms with Gasteiger partial charge in [0.1, 0.15) is 0 Å². The van der Waals surface area contributed by atoms with Crippen molar-refractivity contribution in [3.05, 3.63) is 68.7 Å². The zero-order valence-electron chi connectivity index (χ0n) is 18.0. The highest BCUT2D eigenvalue weighted by molar-refractivity contribution is 6.34. The minimum atomic E-state index is -0.771. The number of nitro groups is 1. The minimum absolute atomic E-state index is 0.00594. The van der Waals surface area contributed by atoms with Crippen LogP contribution in [-0.2, 0) is 9.53 Å². The highest BCUT2D eigenvalue weighted by Gasteiger charge is 2.24. The number of hydrogen-bond donors (Lipinski definition) is 2. The third-order valence-corrected chi connectivity index (χ3v) is 5.91. The fourth-order valence-electron chi connectivity index (χ4n) is 3.75. The fraction of sp³-hybridized carbons (Fsp3) is 0.348. The van der Waals surface area contributed by atoms with Crippen LogP contribution in [-0.4, -0.2) is 35.4 Å². The number of carbonyl (C=O) groups is 3. The summed E-state index contributed by atoms with van der Waals surface area (Å²) in [5, 5.41) is 16.2. The molecule has 2 unspecified atom stereocenters. The Balaban J connectivity index is 1.63. The van der Waals surface area contributed by atoms with Gasteiger partial charge in [0, 0.05) is 18.2 Å². The molecule has 9 nitrogen and oxygen atoms in total. The Labute approximate surface area is 195 Å². The lowest BCUT2D eigenvalue weighted by Gasteiger charge is -2.29. The molecule has 0 saturated heterocycles. The summed E-state index contributed by atoms with van der Waals surface area (Å²) >= 11 is 6.01. The maximum Gasteiger partial charge on any atom is 0.340 e. The second kappa shape index (κ2) is 10.9. The summed E-state index contributed by atoms with van der Waals surface area (Å²) in [5.41, 5.74) is -0.0289. The summed E-state index contributed by atoms with van der Waals surface area (Å²) < 4.78 is 5.16. The minimum Gasteiger partial charge on any atom is -0.452 e. The number of carbonyl (C=O) groups excluding carboxylic acids is 3. The van der Waals surface area contributed by atoms with Crippen LogP contribution in [0.2, 0.25) is 5.02 Å². The molecule has 10 heteroatoms. The SMILES string of the molecule is CC1CCCCC1NC(=O)COC(=O)c1ccccc1NC(=O)c1ccc([N+](=O)[O-])cc1Cl. The maximum absolute atomic E-state index is 12.6. The Morgan fingerprint density at radius 1 is 1.12 bits per heavy atom. The fourth-order valence-corrected chi connectivity index (χ4v) is 4.01. The second-order valence-corrected chi connectivity index (χ2v) is 8.34. The molecule has 2 aromatic carbocycles. The molecular formula is C23H24ClN3O6. The van der Waals surface area contributed by atoms with Gasteiger partial charge in [0.25, 0.3) is 17.5 Å². The van der Waals surface area contributed by atoms with Gasteiger partial charge in [0.05, 0.1) is 26.8 Å². The van der Waals surface area contributed by atoms with Crippen molar-refractivity contribution in [1.82, 2.24) is 5.32 Å². The average molecular weight is 474 g/mol. The molecule has 3 rings (SSSR count). The van der Waals surface area contributed by atoms with Gasteiger partial charge in [-0.15, -0.1) is 0 Å². The van der Waals surface area contributed by atoms with E-state index in [1.807, 2.05) is 0 Å². The number of non-ortho nitro benzene ring substituents is 1. The third-order valence-electron chi connectivity index (χ3n) is 5.60. The van der Waals surface area contributed by atoms with Crippen LogP contribution in [0.5, 0.6) is 0 Å². The van der Waals surface area contributed by atoms with Gasteiger partial charge in [-0.05, 0) is 37.0 Å². The molecule has 33 heavy (non-hydrogen) atoms. The van der Waals surface area contributed by atoms with E-state index in [1.165, 1.54) is 18.2 Å². The topological polar surface area (TPSA) is 128 Å². The van der Waals surface area contributed by atoms with Crippen LogP contribution < -0.4 is 10.6 Å². The van der Waals surface area contributed by atoms with Gasteiger partial charge >= 0.3 is 5.97 Å². The average Bonchev–Trinajstić information content (AvgIpc) is 2.79. The lowest BCUT2D eigenvalue weighted by Crippen LogP contribution is -2.42. The molecule has 0 aromatic heterocycles. The normalized spacial score (nSPS) is 17.6. The Bertz CT molecular complexity index is 1070. The monoisotopic (exact) mass is 473 g/mol. The van der Waals surface area contributed by atoms with E-state index in [9.17, 15) is 24.5 Å². The number of nitro benzene ring substituents is 1. The molecule has 0 bridgehead atoms. The van der Waals surface area contributed by atoms with Crippen molar-refractivity contribution in [2.24, 2.45) is 5.92 Å². The number of halogens is 1. The van der Waals surface area contributed by atoms with E-state index in [0.717, 1.165) is 37.8 Å². The molecule has 0 spiro atoms. The highest BCUT2D eigenvalue weighted by Crippen LogP contribution is 2.25. The number of hydrogen-bond acceptors (Lipinski definition) is 6. The van der Waals surface area contributed by atoms with Crippen LogP contribution in [0.3, 0.4) is 0 Å². The lowest BCUT2D eigenvalue weighted by molar-refractivity contribution is -0.384.